The standard InChI is InChI=1S/C45H41I2NO7/c46-37-20-14-35(15-21-37)43(49)54-40-26-27-42(55-44(50)36-16-22-38(47)23-17-36)41(30-40)45(51)53-29-9-7-5-3-1-2-4-6-8-28-52-39-24-18-34(19-25-39)33-12-10-32(31-48)11-13-33/h10-27,30H,1-9,28-29H2. The maximum Gasteiger partial charge on any atom is 0.343 e. The van der Waals surface area contributed by atoms with E-state index in [1.807, 2.05) is 48.5 Å². The molecule has 5 aromatic rings. The normalized spacial score (nSPS) is 10.6. The first-order chi connectivity index (χ1) is 26.8. The van der Waals surface area contributed by atoms with Crippen molar-refractivity contribution in [2.75, 3.05) is 13.2 Å². The molecule has 0 saturated carbocycles. The number of esters is 3. The minimum atomic E-state index is -0.665. The van der Waals surface area contributed by atoms with E-state index in [4.69, 9.17) is 24.2 Å². The monoisotopic (exact) mass is 961 g/mol. The number of unbranched alkanes of at least 4 members (excludes halogenated alkanes) is 8. The van der Waals surface area contributed by atoms with Crippen LogP contribution in [0.1, 0.15) is 94.4 Å². The predicted molar refractivity (Wildman–Crippen MR) is 229 cm³/mol. The number of nitrogens with zero attached hydrogens (tertiary/aromatic N) is 1. The zero-order valence-electron chi connectivity index (χ0n) is 30.3. The van der Waals surface area contributed by atoms with Gasteiger partial charge in [-0.1, -0.05) is 69.2 Å². The molecular formula is C45H41I2NO7. The number of hydrogen-bond donors (Lipinski definition) is 0. The minimum absolute atomic E-state index is 0.00485. The van der Waals surface area contributed by atoms with Crippen molar-refractivity contribution in [3.05, 3.63) is 145 Å². The molecule has 0 radical (unpaired) electrons. The molecule has 0 aliphatic rings. The van der Waals surface area contributed by atoms with Gasteiger partial charge >= 0.3 is 17.9 Å². The first-order valence-corrected chi connectivity index (χ1v) is 20.4. The van der Waals surface area contributed by atoms with Crippen LogP contribution in [0.2, 0.25) is 0 Å². The van der Waals surface area contributed by atoms with Gasteiger partial charge in [-0.2, -0.15) is 5.26 Å². The van der Waals surface area contributed by atoms with Crippen molar-refractivity contribution in [1.82, 2.24) is 0 Å². The highest BCUT2D eigenvalue weighted by atomic mass is 127. The Labute approximate surface area is 349 Å². The summed E-state index contributed by atoms with van der Waals surface area (Å²) >= 11 is 4.30. The van der Waals surface area contributed by atoms with Gasteiger partial charge in [-0.3, -0.25) is 0 Å². The van der Waals surface area contributed by atoms with Crippen LogP contribution in [0.25, 0.3) is 11.1 Å². The first-order valence-electron chi connectivity index (χ1n) is 18.3. The third-order valence-electron chi connectivity index (χ3n) is 8.74. The predicted octanol–water partition coefficient (Wildman–Crippen LogP) is 11.6. The second kappa shape index (κ2) is 22.0. The average Bonchev–Trinajstić information content (AvgIpc) is 3.20. The van der Waals surface area contributed by atoms with Gasteiger partial charge in [0, 0.05) is 7.14 Å². The molecule has 0 spiro atoms. The second-order valence-corrected chi connectivity index (χ2v) is 15.3. The summed E-state index contributed by atoms with van der Waals surface area (Å²) in [6, 6.07) is 35.8. The Hall–Kier alpha value is -4.74. The molecule has 0 heterocycles. The lowest BCUT2D eigenvalue weighted by atomic mass is 10.0. The van der Waals surface area contributed by atoms with Crippen molar-refractivity contribution in [2.24, 2.45) is 0 Å². The van der Waals surface area contributed by atoms with Crippen molar-refractivity contribution in [1.29, 1.82) is 5.26 Å². The van der Waals surface area contributed by atoms with Crippen LogP contribution in [0.15, 0.2) is 115 Å². The molecule has 0 atom stereocenters. The molecule has 0 unspecified atom stereocenters. The SMILES string of the molecule is N#Cc1ccc(-c2ccc(OCCCCCCCCCCCOC(=O)c3cc(OC(=O)c4ccc(I)cc4)ccc3OC(=O)c3ccc(I)cc3)cc2)cc1. The maximum atomic E-state index is 13.2. The molecular weight excluding hydrogens is 920 g/mol. The van der Waals surface area contributed by atoms with E-state index in [-0.39, 0.29) is 23.7 Å². The number of ether oxygens (including phenoxy) is 4. The lowest BCUT2D eigenvalue weighted by Gasteiger charge is -2.12. The number of rotatable bonds is 19. The molecule has 0 aliphatic carbocycles. The molecule has 0 amide bonds. The van der Waals surface area contributed by atoms with E-state index in [2.05, 4.69) is 51.3 Å². The Kier molecular flexibility index (Phi) is 16.5. The molecule has 55 heavy (non-hydrogen) atoms. The van der Waals surface area contributed by atoms with Crippen molar-refractivity contribution in [3.8, 4) is 34.4 Å². The summed E-state index contributed by atoms with van der Waals surface area (Å²) in [4.78, 5) is 38.9. The zero-order valence-corrected chi connectivity index (χ0v) is 34.6. The molecule has 282 valence electrons. The molecule has 8 nitrogen and oxygen atoms in total. The van der Waals surface area contributed by atoms with Gasteiger partial charge in [0.15, 0.2) is 0 Å². The van der Waals surface area contributed by atoms with Crippen LogP contribution < -0.4 is 14.2 Å². The van der Waals surface area contributed by atoms with Gasteiger partial charge in [-0.25, -0.2) is 14.4 Å². The van der Waals surface area contributed by atoms with Crippen LogP contribution in [-0.4, -0.2) is 31.1 Å². The van der Waals surface area contributed by atoms with E-state index in [1.54, 1.807) is 48.5 Å². The Morgan fingerprint density at radius 2 is 0.982 bits per heavy atom. The van der Waals surface area contributed by atoms with Gasteiger partial charge in [0.1, 0.15) is 22.8 Å². The van der Waals surface area contributed by atoms with Gasteiger partial charge in [0.05, 0.1) is 36.0 Å². The molecule has 10 heteroatoms. The summed E-state index contributed by atoms with van der Waals surface area (Å²) < 4.78 is 24.6. The van der Waals surface area contributed by atoms with Crippen molar-refractivity contribution in [3.63, 3.8) is 0 Å². The molecule has 0 aromatic heterocycles. The summed E-state index contributed by atoms with van der Waals surface area (Å²) in [5, 5.41) is 8.98. The molecule has 0 bridgehead atoms. The molecule has 0 N–H and O–H groups in total. The van der Waals surface area contributed by atoms with Gasteiger partial charge in [-0.15, -0.1) is 0 Å². The lowest BCUT2D eigenvalue weighted by molar-refractivity contribution is 0.0490. The van der Waals surface area contributed by atoms with Crippen molar-refractivity contribution in [2.45, 2.75) is 57.8 Å². The topological polar surface area (TPSA) is 112 Å². The number of benzene rings is 5. The van der Waals surface area contributed by atoms with Crippen molar-refractivity contribution >= 4 is 63.1 Å². The van der Waals surface area contributed by atoms with Gasteiger partial charge in [0.2, 0.25) is 0 Å². The summed E-state index contributed by atoms with van der Waals surface area (Å²) in [7, 11) is 0. The number of carbonyl (C=O) groups is 3. The molecule has 0 saturated heterocycles. The summed E-state index contributed by atoms with van der Waals surface area (Å²) in [5.41, 5.74) is 3.51. The third-order valence-corrected chi connectivity index (χ3v) is 10.2. The van der Waals surface area contributed by atoms with Crippen LogP contribution in [0.3, 0.4) is 0 Å². The highest BCUT2D eigenvalue weighted by Crippen LogP contribution is 2.28. The number of halogens is 2. The molecule has 0 aliphatic heterocycles. The second-order valence-electron chi connectivity index (χ2n) is 12.8. The summed E-state index contributed by atoms with van der Waals surface area (Å²) in [5.74, 6) is -0.856. The van der Waals surface area contributed by atoms with Crippen LogP contribution in [0.5, 0.6) is 17.2 Å². The van der Waals surface area contributed by atoms with Gasteiger partial charge in [-0.05, 0) is 160 Å². The van der Waals surface area contributed by atoms with E-state index >= 15 is 0 Å². The Bertz CT molecular complexity index is 2060. The lowest BCUT2D eigenvalue weighted by Crippen LogP contribution is -2.14. The quantitative estimate of drug-likeness (QED) is 0.0348. The average molecular weight is 962 g/mol. The molecule has 5 aromatic carbocycles. The minimum Gasteiger partial charge on any atom is -0.494 e. The largest absolute Gasteiger partial charge is 0.494 e. The molecule has 5 rings (SSSR count). The smallest absolute Gasteiger partial charge is 0.343 e. The fourth-order valence-electron chi connectivity index (χ4n) is 5.67. The van der Waals surface area contributed by atoms with Crippen LogP contribution in [-0.2, 0) is 4.74 Å². The summed E-state index contributed by atoms with van der Waals surface area (Å²) in [6.45, 7) is 0.905. The highest BCUT2D eigenvalue weighted by Gasteiger charge is 2.20. The Morgan fingerprint density at radius 1 is 0.509 bits per heavy atom. The van der Waals surface area contributed by atoms with Gasteiger partial charge in [0.25, 0.3) is 0 Å². The third kappa shape index (κ3) is 13.5. The Morgan fingerprint density at radius 3 is 1.53 bits per heavy atom. The van der Waals surface area contributed by atoms with E-state index in [0.717, 1.165) is 69.0 Å². The Balaban J connectivity index is 0.985. The number of carbonyl (C=O) groups excluding carboxylic acids is 3. The van der Waals surface area contributed by atoms with E-state index in [1.165, 1.54) is 24.6 Å². The van der Waals surface area contributed by atoms with Crippen LogP contribution in [0.4, 0.5) is 0 Å². The van der Waals surface area contributed by atoms with Crippen molar-refractivity contribution < 1.29 is 33.3 Å². The zero-order chi connectivity index (χ0) is 38.8. The number of nitriles is 1. The van der Waals surface area contributed by atoms with Crippen LogP contribution in [0, 0.1) is 18.5 Å². The van der Waals surface area contributed by atoms with E-state index in [9.17, 15) is 14.4 Å². The fraction of sp³-hybridized carbons (Fsp3) is 0.244. The van der Waals surface area contributed by atoms with E-state index in [0.29, 0.717) is 29.7 Å². The highest BCUT2D eigenvalue weighted by molar-refractivity contribution is 14.1. The van der Waals surface area contributed by atoms with E-state index < -0.39 is 17.9 Å². The first kappa shape index (κ1) is 41.4. The summed E-state index contributed by atoms with van der Waals surface area (Å²) in [6.07, 6.45) is 9.40. The molecule has 0 fully saturated rings. The van der Waals surface area contributed by atoms with Crippen LogP contribution >= 0.6 is 45.2 Å². The van der Waals surface area contributed by atoms with Gasteiger partial charge < -0.3 is 18.9 Å². The maximum absolute atomic E-state index is 13.2. The number of hydrogen-bond acceptors (Lipinski definition) is 8. The fourth-order valence-corrected chi connectivity index (χ4v) is 6.39.